The number of halogens is 1. The summed E-state index contributed by atoms with van der Waals surface area (Å²) in [6.45, 7) is 0.550. The topological polar surface area (TPSA) is 59.4 Å². The van der Waals surface area contributed by atoms with Gasteiger partial charge in [0.15, 0.2) is 0 Å². The molecule has 2 aromatic rings. The highest BCUT2D eigenvalue weighted by atomic mass is 79.9. The maximum Gasteiger partial charge on any atom is 0.328 e. The number of carboxylic acids is 1. The fraction of sp³-hybridized carbons (Fsp3) is 0.125. The van der Waals surface area contributed by atoms with Gasteiger partial charge in [-0.3, -0.25) is 4.98 Å². The standard InChI is InChI=1S/C16H14BrNO3/c17-14-10-12(4-6-16(19)20)3-5-15(14)21-9-7-13-2-1-8-18-11-13/h1-6,8,10-11H,7,9H2,(H,19,20). The second-order valence-corrected chi connectivity index (χ2v) is 5.18. The van der Waals surface area contributed by atoms with E-state index in [0.29, 0.717) is 6.61 Å². The Labute approximate surface area is 131 Å². The van der Waals surface area contributed by atoms with E-state index in [-0.39, 0.29) is 0 Å². The van der Waals surface area contributed by atoms with Crippen LogP contribution in [-0.4, -0.2) is 22.7 Å². The van der Waals surface area contributed by atoms with Crippen molar-refractivity contribution in [1.82, 2.24) is 4.98 Å². The SMILES string of the molecule is O=C(O)C=Cc1ccc(OCCc2cccnc2)c(Br)c1. The van der Waals surface area contributed by atoms with Gasteiger partial charge in [0.25, 0.3) is 0 Å². The average molecular weight is 348 g/mol. The summed E-state index contributed by atoms with van der Waals surface area (Å²) in [5.74, 6) is -0.241. The maximum atomic E-state index is 10.5. The molecule has 0 fully saturated rings. The van der Waals surface area contributed by atoms with Crippen molar-refractivity contribution < 1.29 is 14.6 Å². The molecule has 0 radical (unpaired) electrons. The molecule has 1 N–H and O–H groups in total. The van der Waals surface area contributed by atoms with E-state index in [9.17, 15) is 4.79 Å². The number of hydrogen-bond acceptors (Lipinski definition) is 3. The largest absolute Gasteiger partial charge is 0.492 e. The van der Waals surface area contributed by atoms with Crippen LogP contribution in [0, 0.1) is 0 Å². The smallest absolute Gasteiger partial charge is 0.328 e. The number of aromatic nitrogens is 1. The molecule has 0 saturated carbocycles. The second-order valence-electron chi connectivity index (χ2n) is 4.32. The predicted octanol–water partition coefficient (Wildman–Crippen LogP) is 3.56. The van der Waals surface area contributed by atoms with Crippen LogP contribution in [0.2, 0.25) is 0 Å². The number of carbonyl (C=O) groups is 1. The second kappa shape index (κ2) is 7.59. The molecule has 0 unspecified atom stereocenters. The molecule has 1 aromatic heterocycles. The number of ether oxygens (including phenoxy) is 1. The Morgan fingerprint density at radius 1 is 1.38 bits per heavy atom. The van der Waals surface area contributed by atoms with Crippen molar-refractivity contribution >= 4 is 28.0 Å². The molecule has 4 nitrogen and oxygen atoms in total. The van der Waals surface area contributed by atoms with E-state index in [0.717, 1.165) is 33.8 Å². The molecule has 5 heteroatoms. The van der Waals surface area contributed by atoms with Gasteiger partial charge in [-0.25, -0.2) is 4.79 Å². The molecule has 0 saturated heterocycles. The minimum atomic E-state index is -0.970. The van der Waals surface area contributed by atoms with Crippen molar-refractivity contribution in [3.05, 3.63) is 64.4 Å². The van der Waals surface area contributed by atoms with E-state index in [1.165, 1.54) is 6.08 Å². The van der Waals surface area contributed by atoms with Crippen LogP contribution in [0.15, 0.2) is 53.3 Å². The molecule has 1 heterocycles. The summed E-state index contributed by atoms with van der Waals surface area (Å²) in [6.07, 6.45) is 6.97. The summed E-state index contributed by atoms with van der Waals surface area (Å²) < 4.78 is 6.50. The zero-order chi connectivity index (χ0) is 15.1. The third kappa shape index (κ3) is 5.04. The van der Waals surface area contributed by atoms with Gasteiger partial charge >= 0.3 is 5.97 Å². The van der Waals surface area contributed by atoms with Crippen LogP contribution in [0.1, 0.15) is 11.1 Å². The van der Waals surface area contributed by atoms with Crippen molar-refractivity contribution in [2.75, 3.05) is 6.61 Å². The summed E-state index contributed by atoms with van der Waals surface area (Å²) in [5.41, 5.74) is 1.92. The molecule has 0 spiro atoms. The van der Waals surface area contributed by atoms with Gasteiger partial charge in [-0.1, -0.05) is 12.1 Å². The van der Waals surface area contributed by atoms with Gasteiger partial charge in [-0.05, 0) is 51.3 Å². The molecular formula is C16H14BrNO3. The van der Waals surface area contributed by atoms with Crippen LogP contribution in [0.25, 0.3) is 6.08 Å². The highest BCUT2D eigenvalue weighted by Crippen LogP contribution is 2.26. The number of rotatable bonds is 6. The first kappa shape index (κ1) is 15.3. The average Bonchev–Trinajstić information content (AvgIpc) is 2.48. The van der Waals surface area contributed by atoms with E-state index in [2.05, 4.69) is 20.9 Å². The monoisotopic (exact) mass is 347 g/mol. The van der Waals surface area contributed by atoms with Gasteiger partial charge in [-0.15, -0.1) is 0 Å². The minimum Gasteiger partial charge on any atom is -0.492 e. The first-order valence-corrected chi connectivity index (χ1v) is 7.17. The van der Waals surface area contributed by atoms with E-state index >= 15 is 0 Å². The van der Waals surface area contributed by atoms with Crippen LogP contribution in [-0.2, 0) is 11.2 Å². The van der Waals surface area contributed by atoms with Crippen LogP contribution in [0.5, 0.6) is 5.75 Å². The molecule has 21 heavy (non-hydrogen) atoms. The fourth-order valence-electron chi connectivity index (χ4n) is 1.73. The van der Waals surface area contributed by atoms with Gasteiger partial charge in [0.1, 0.15) is 5.75 Å². The van der Waals surface area contributed by atoms with Crippen molar-refractivity contribution in [1.29, 1.82) is 0 Å². The molecule has 2 rings (SSSR count). The first-order chi connectivity index (χ1) is 10.1. The number of nitrogens with zero attached hydrogens (tertiary/aromatic N) is 1. The molecule has 108 valence electrons. The normalized spacial score (nSPS) is 10.7. The van der Waals surface area contributed by atoms with Crippen LogP contribution in [0.4, 0.5) is 0 Å². The van der Waals surface area contributed by atoms with Gasteiger partial charge < -0.3 is 9.84 Å². The molecule has 0 aliphatic rings. The zero-order valence-electron chi connectivity index (χ0n) is 11.2. The summed E-state index contributed by atoms with van der Waals surface area (Å²) in [4.78, 5) is 14.5. The Morgan fingerprint density at radius 3 is 2.90 bits per heavy atom. The van der Waals surface area contributed by atoms with Gasteiger partial charge in [0.2, 0.25) is 0 Å². The van der Waals surface area contributed by atoms with Crippen LogP contribution in [0.3, 0.4) is 0 Å². The quantitative estimate of drug-likeness (QED) is 0.811. The van der Waals surface area contributed by atoms with Crippen molar-refractivity contribution in [2.45, 2.75) is 6.42 Å². The number of hydrogen-bond donors (Lipinski definition) is 1. The Morgan fingerprint density at radius 2 is 2.24 bits per heavy atom. The number of pyridine rings is 1. The lowest BCUT2D eigenvalue weighted by molar-refractivity contribution is -0.131. The molecule has 0 amide bonds. The lowest BCUT2D eigenvalue weighted by atomic mass is 10.2. The molecule has 0 atom stereocenters. The Kier molecular flexibility index (Phi) is 5.51. The van der Waals surface area contributed by atoms with Gasteiger partial charge in [0, 0.05) is 24.9 Å². The lowest BCUT2D eigenvalue weighted by Crippen LogP contribution is -2.02. The third-order valence-electron chi connectivity index (χ3n) is 2.75. The highest BCUT2D eigenvalue weighted by molar-refractivity contribution is 9.10. The molecule has 0 aliphatic carbocycles. The molecule has 0 aliphatic heterocycles. The summed E-state index contributed by atoms with van der Waals surface area (Å²) in [5, 5.41) is 8.59. The van der Waals surface area contributed by atoms with Crippen molar-refractivity contribution in [3.8, 4) is 5.75 Å². The molecular weight excluding hydrogens is 334 g/mol. The fourth-order valence-corrected chi connectivity index (χ4v) is 2.24. The summed E-state index contributed by atoms with van der Waals surface area (Å²) in [6, 6.07) is 9.34. The number of aliphatic carboxylic acids is 1. The third-order valence-corrected chi connectivity index (χ3v) is 3.37. The van der Waals surface area contributed by atoms with E-state index in [4.69, 9.17) is 9.84 Å². The van der Waals surface area contributed by atoms with Gasteiger partial charge in [-0.2, -0.15) is 0 Å². The predicted molar refractivity (Wildman–Crippen MR) is 84.2 cm³/mol. The first-order valence-electron chi connectivity index (χ1n) is 6.37. The Bertz CT molecular complexity index is 641. The van der Waals surface area contributed by atoms with E-state index < -0.39 is 5.97 Å². The van der Waals surface area contributed by atoms with E-state index in [1.807, 2.05) is 36.5 Å². The summed E-state index contributed by atoms with van der Waals surface area (Å²) in [7, 11) is 0. The van der Waals surface area contributed by atoms with E-state index in [1.54, 1.807) is 6.20 Å². The Balaban J connectivity index is 1.93. The zero-order valence-corrected chi connectivity index (χ0v) is 12.8. The summed E-state index contributed by atoms with van der Waals surface area (Å²) >= 11 is 3.42. The number of benzene rings is 1. The van der Waals surface area contributed by atoms with Crippen LogP contribution >= 0.6 is 15.9 Å². The maximum absolute atomic E-state index is 10.5. The molecule has 0 bridgehead atoms. The van der Waals surface area contributed by atoms with Crippen molar-refractivity contribution in [2.24, 2.45) is 0 Å². The van der Waals surface area contributed by atoms with Crippen LogP contribution < -0.4 is 4.74 Å². The number of carboxylic acid groups (broad SMARTS) is 1. The van der Waals surface area contributed by atoms with Gasteiger partial charge in [0.05, 0.1) is 11.1 Å². The lowest BCUT2D eigenvalue weighted by Gasteiger charge is -2.08. The van der Waals surface area contributed by atoms with Crippen molar-refractivity contribution in [3.63, 3.8) is 0 Å². The molecule has 1 aromatic carbocycles. The Hall–Kier alpha value is -2.14. The highest BCUT2D eigenvalue weighted by Gasteiger charge is 2.02. The minimum absolute atomic E-state index is 0.550.